The summed E-state index contributed by atoms with van der Waals surface area (Å²) in [5.74, 6) is 2.55. The number of hydrogen-bond donors (Lipinski definition) is 0. The van der Waals surface area contributed by atoms with Gasteiger partial charge in [-0.15, -0.1) is 10.2 Å². The van der Waals surface area contributed by atoms with Crippen molar-refractivity contribution in [3.8, 4) is 22.8 Å². The summed E-state index contributed by atoms with van der Waals surface area (Å²) in [6.45, 7) is 0.455. The molecular formula is C15H11N3O. The van der Waals surface area contributed by atoms with Crippen molar-refractivity contribution in [3.63, 3.8) is 0 Å². The van der Waals surface area contributed by atoms with Gasteiger partial charge in [-0.05, 0) is 12.1 Å². The molecule has 2 heterocycles. The van der Waals surface area contributed by atoms with Crippen LogP contribution < -0.4 is 4.74 Å². The molecule has 92 valence electrons. The summed E-state index contributed by atoms with van der Waals surface area (Å²) in [6, 6.07) is 18.0. The summed E-state index contributed by atoms with van der Waals surface area (Å²) in [5.41, 5.74) is 2.05. The van der Waals surface area contributed by atoms with Gasteiger partial charge in [0.05, 0.1) is 5.69 Å². The van der Waals surface area contributed by atoms with Gasteiger partial charge in [-0.1, -0.05) is 42.5 Å². The van der Waals surface area contributed by atoms with E-state index in [9.17, 15) is 0 Å². The lowest BCUT2D eigenvalue weighted by atomic mass is 10.2. The Balaban J connectivity index is 1.97. The van der Waals surface area contributed by atoms with Crippen molar-refractivity contribution in [1.29, 1.82) is 0 Å². The Morgan fingerprint density at radius 3 is 2.58 bits per heavy atom. The lowest BCUT2D eigenvalue weighted by molar-refractivity contribution is 0.279. The van der Waals surface area contributed by atoms with Gasteiger partial charge in [-0.3, -0.25) is 4.57 Å². The van der Waals surface area contributed by atoms with E-state index in [2.05, 4.69) is 14.8 Å². The lowest BCUT2D eigenvalue weighted by Crippen LogP contribution is -2.13. The third-order valence-corrected chi connectivity index (χ3v) is 3.22. The van der Waals surface area contributed by atoms with E-state index in [1.807, 2.05) is 54.6 Å². The van der Waals surface area contributed by atoms with Crippen LogP contribution in [0.1, 0.15) is 5.82 Å². The Bertz CT molecular complexity index is 734. The van der Waals surface area contributed by atoms with Crippen LogP contribution in [0.15, 0.2) is 54.6 Å². The molecule has 0 unspecified atom stereocenters. The van der Waals surface area contributed by atoms with Crippen LogP contribution in [0.25, 0.3) is 17.1 Å². The minimum Gasteiger partial charge on any atom is -0.483 e. The molecule has 0 N–H and O–H groups in total. The van der Waals surface area contributed by atoms with Crippen LogP contribution in [0.5, 0.6) is 5.75 Å². The standard InChI is InChI=1S/C15H11N3O/c1-2-6-11(7-3-1)15-17-16-14-10-19-13-9-5-4-8-12(13)18(14)15/h1-9H,10H2. The number of fused-ring (bicyclic) bond motifs is 3. The molecule has 4 heteroatoms. The van der Waals surface area contributed by atoms with E-state index in [0.29, 0.717) is 6.61 Å². The number of nitrogens with zero attached hydrogens (tertiary/aromatic N) is 3. The predicted octanol–water partition coefficient (Wildman–Crippen LogP) is 2.83. The number of benzene rings is 2. The van der Waals surface area contributed by atoms with E-state index >= 15 is 0 Å². The average molecular weight is 249 g/mol. The SMILES string of the molecule is c1ccc(-c2nnc3n2-c2ccccc2OC3)cc1. The summed E-state index contributed by atoms with van der Waals surface area (Å²) in [7, 11) is 0. The molecule has 0 amide bonds. The van der Waals surface area contributed by atoms with E-state index in [-0.39, 0.29) is 0 Å². The Morgan fingerprint density at radius 2 is 1.68 bits per heavy atom. The smallest absolute Gasteiger partial charge is 0.176 e. The van der Waals surface area contributed by atoms with Gasteiger partial charge < -0.3 is 4.74 Å². The van der Waals surface area contributed by atoms with Gasteiger partial charge in [0.2, 0.25) is 0 Å². The fourth-order valence-corrected chi connectivity index (χ4v) is 2.34. The summed E-state index contributed by atoms with van der Waals surface area (Å²) in [4.78, 5) is 0. The molecule has 0 aliphatic carbocycles. The van der Waals surface area contributed by atoms with E-state index < -0.39 is 0 Å². The van der Waals surface area contributed by atoms with Crippen LogP contribution in [0, 0.1) is 0 Å². The van der Waals surface area contributed by atoms with Crippen molar-refractivity contribution in [2.75, 3.05) is 0 Å². The molecule has 0 bridgehead atoms. The highest BCUT2D eigenvalue weighted by atomic mass is 16.5. The summed E-state index contributed by atoms with van der Waals surface area (Å²) >= 11 is 0. The first-order chi connectivity index (χ1) is 9.43. The monoisotopic (exact) mass is 249 g/mol. The summed E-state index contributed by atoms with van der Waals surface area (Å²) in [5, 5.41) is 8.52. The summed E-state index contributed by atoms with van der Waals surface area (Å²) in [6.07, 6.45) is 0. The minimum absolute atomic E-state index is 0.455. The fourth-order valence-electron chi connectivity index (χ4n) is 2.34. The topological polar surface area (TPSA) is 39.9 Å². The van der Waals surface area contributed by atoms with Gasteiger partial charge >= 0.3 is 0 Å². The molecule has 2 aromatic carbocycles. The Kier molecular flexibility index (Phi) is 2.14. The van der Waals surface area contributed by atoms with Crippen LogP contribution in [0.3, 0.4) is 0 Å². The van der Waals surface area contributed by atoms with E-state index in [1.165, 1.54) is 0 Å². The molecule has 19 heavy (non-hydrogen) atoms. The van der Waals surface area contributed by atoms with E-state index in [1.54, 1.807) is 0 Å². The van der Waals surface area contributed by atoms with Crippen LogP contribution in [-0.2, 0) is 6.61 Å². The second-order valence-electron chi connectivity index (χ2n) is 4.40. The second-order valence-corrected chi connectivity index (χ2v) is 4.40. The van der Waals surface area contributed by atoms with Crippen molar-refractivity contribution >= 4 is 0 Å². The van der Waals surface area contributed by atoms with Gasteiger partial charge in [0, 0.05) is 5.56 Å². The van der Waals surface area contributed by atoms with Gasteiger partial charge in [-0.25, -0.2) is 0 Å². The first-order valence-electron chi connectivity index (χ1n) is 6.15. The second kappa shape index (κ2) is 3.95. The van der Waals surface area contributed by atoms with Crippen LogP contribution >= 0.6 is 0 Å². The van der Waals surface area contributed by atoms with Gasteiger partial charge in [0.15, 0.2) is 11.6 Å². The zero-order valence-electron chi connectivity index (χ0n) is 10.2. The van der Waals surface area contributed by atoms with Crippen molar-refractivity contribution in [3.05, 3.63) is 60.4 Å². The normalized spacial score (nSPS) is 12.4. The first-order valence-corrected chi connectivity index (χ1v) is 6.15. The maximum absolute atomic E-state index is 5.68. The highest BCUT2D eigenvalue weighted by Crippen LogP contribution is 2.32. The molecule has 4 rings (SSSR count). The van der Waals surface area contributed by atoms with E-state index in [4.69, 9.17) is 4.74 Å². The first kappa shape index (κ1) is 10.3. The maximum atomic E-state index is 5.68. The molecule has 1 aromatic heterocycles. The molecule has 0 radical (unpaired) electrons. The predicted molar refractivity (Wildman–Crippen MR) is 71.1 cm³/mol. The number of rotatable bonds is 1. The zero-order valence-corrected chi connectivity index (χ0v) is 10.2. The lowest BCUT2D eigenvalue weighted by Gasteiger charge is -2.19. The number of ether oxygens (including phenoxy) is 1. The number of hydrogen-bond acceptors (Lipinski definition) is 3. The molecule has 0 spiro atoms. The Labute approximate surface area is 110 Å². The van der Waals surface area contributed by atoms with Crippen LogP contribution in [0.2, 0.25) is 0 Å². The molecule has 4 nitrogen and oxygen atoms in total. The third-order valence-electron chi connectivity index (χ3n) is 3.22. The largest absolute Gasteiger partial charge is 0.483 e. The minimum atomic E-state index is 0.455. The molecular weight excluding hydrogens is 238 g/mol. The quantitative estimate of drug-likeness (QED) is 0.665. The van der Waals surface area contributed by atoms with Crippen LogP contribution in [-0.4, -0.2) is 14.8 Å². The highest BCUT2D eigenvalue weighted by Gasteiger charge is 2.22. The average Bonchev–Trinajstić information content (AvgIpc) is 2.92. The van der Waals surface area contributed by atoms with Gasteiger partial charge in [-0.2, -0.15) is 0 Å². The van der Waals surface area contributed by atoms with E-state index in [0.717, 1.165) is 28.6 Å². The molecule has 1 aliphatic rings. The molecule has 1 aliphatic heterocycles. The maximum Gasteiger partial charge on any atom is 0.176 e. The van der Waals surface area contributed by atoms with Crippen molar-refractivity contribution in [1.82, 2.24) is 14.8 Å². The molecule has 3 aromatic rings. The van der Waals surface area contributed by atoms with Gasteiger partial charge in [0.1, 0.15) is 12.4 Å². The Morgan fingerprint density at radius 1 is 0.895 bits per heavy atom. The van der Waals surface area contributed by atoms with Crippen molar-refractivity contribution in [2.45, 2.75) is 6.61 Å². The van der Waals surface area contributed by atoms with Gasteiger partial charge in [0.25, 0.3) is 0 Å². The van der Waals surface area contributed by atoms with Crippen molar-refractivity contribution in [2.24, 2.45) is 0 Å². The Hall–Kier alpha value is -2.62. The van der Waals surface area contributed by atoms with Crippen molar-refractivity contribution < 1.29 is 4.74 Å². The molecule has 0 fully saturated rings. The summed E-state index contributed by atoms with van der Waals surface area (Å²) < 4.78 is 7.74. The third kappa shape index (κ3) is 1.53. The fraction of sp³-hybridized carbons (Fsp3) is 0.0667. The van der Waals surface area contributed by atoms with Crippen LogP contribution in [0.4, 0.5) is 0 Å². The zero-order chi connectivity index (χ0) is 12.7. The number of aromatic nitrogens is 3. The number of para-hydroxylation sites is 2. The molecule has 0 atom stereocenters. The molecule has 0 saturated heterocycles. The molecule has 0 saturated carbocycles. The highest BCUT2D eigenvalue weighted by molar-refractivity contribution is 5.61.